The van der Waals surface area contributed by atoms with E-state index in [0.29, 0.717) is 71.9 Å². The van der Waals surface area contributed by atoms with Crippen molar-refractivity contribution in [3.63, 3.8) is 0 Å². The molecule has 12 unspecified atom stereocenters. The van der Waals surface area contributed by atoms with E-state index in [1.165, 1.54) is 136 Å². The van der Waals surface area contributed by atoms with Gasteiger partial charge in [0.05, 0.1) is 49.7 Å². The fraction of sp³-hybridized carbons (Fsp3) is 0.358. The number of phenols is 4. The Bertz CT molecular complexity index is 4930. The van der Waals surface area contributed by atoms with Gasteiger partial charge in [-0.3, -0.25) is 28.8 Å². The number of ether oxygens (including phenoxy) is 6. The van der Waals surface area contributed by atoms with E-state index >= 15 is 0 Å². The lowest BCUT2D eigenvalue weighted by Gasteiger charge is -2.24. The third kappa shape index (κ3) is 44.3. The summed E-state index contributed by atoms with van der Waals surface area (Å²) in [4.78, 5) is 133. The first-order valence-electron chi connectivity index (χ1n) is 45.4. The minimum absolute atomic E-state index is 0.000482. The number of benzene rings is 4. The van der Waals surface area contributed by atoms with Crippen molar-refractivity contribution in [1.29, 1.82) is 0 Å². The van der Waals surface area contributed by atoms with Crippen molar-refractivity contribution < 1.29 is 127 Å². The van der Waals surface area contributed by atoms with Crippen molar-refractivity contribution >= 4 is 71.9 Å². The monoisotopic (exact) mass is 1900 g/mol. The first-order valence-corrected chi connectivity index (χ1v) is 45.4. The average Bonchev–Trinajstić information content (AvgIpc) is 1.04. The topological polar surface area (TPSA) is 479 Å². The van der Waals surface area contributed by atoms with E-state index in [-0.39, 0.29) is 120 Å². The molecule has 4 aliphatic rings. The van der Waals surface area contributed by atoms with Gasteiger partial charge in [-0.2, -0.15) is 0 Å². The maximum Gasteiger partial charge on any atom is 0.342 e. The number of oxime groups is 2. The number of hydrogen-bond acceptors (Lipinski definition) is 28. The third-order valence-corrected chi connectivity index (χ3v) is 21.0. The molecule has 12 N–H and O–H groups in total. The van der Waals surface area contributed by atoms with Gasteiger partial charge in [-0.25, -0.2) is 19.2 Å². The second-order valence-electron chi connectivity index (χ2n) is 32.1. The van der Waals surface area contributed by atoms with Crippen LogP contribution in [-0.2, 0) is 92.5 Å². The van der Waals surface area contributed by atoms with Gasteiger partial charge in [0.2, 0.25) is 23.6 Å². The highest BCUT2D eigenvalue weighted by Gasteiger charge is 2.31. The molecule has 32 nitrogen and oxygen atoms in total. The van der Waals surface area contributed by atoms with Crippen molar-refractivity contribution in [2.24, 2.45) is 22.1 Å². The van der Waals surface area contributed by atoms with Crippen LogP contribution >= 0.6 is 0 Å². The van der Waals surface area contributed by atoms with Gasteiger partial charge in [-0.1, -0.05) is 196 Å². The number of nitrogens with one attached hydrogen (secondary N) is 4. The number of esters is 6. The Balaban J connectivity index is 0.000000325. The van der Waals surface area contributed by atoms with Crippen LogP contribution in [-0.4, -0.2) is 188 Å². The summed E-state index contributed by atoms with van der Waals surface area (Å²) in [5, 5.41) is 100. The summed E-state index contributed by atoms with van der Waals surface area (Å²) in [7, 11) is 2.75. The molecule has 138 heavy (non-hydrogen) atoms. The van der Waals surface area contributed by atoms with Crippen LogP contribution in [0.25, 0.3) is 0 Å². The van der Waals surface area contributed by atoms with Crippen LogP contribution in [0, 0.1) is 11.8 Å². The van der Waals surface area contributed by atoms with E-state index in [4.69, 9.17) is 28.4 Å². The number of nitrogens with zero attached hydrogens (tertiary/aromatic N) is 2. The predicted molar refractivity (Wildman–Crippen MR) is 523 cm³/mol. The van der Waals surface area contributed by atoms with Crippen molar-refractivity contribution in [2.45, 2.75) is 219 Å². The Morgan fingerprint density at radius 2 is 0.688 bits per heavy atom. The number of carbonyl (C=O) groups excluding carboxylic acids is 10. The second kappa shape index (κ2) is 64.4. The molecule has 4 aliphatic heterocycles. The van der Waals surface area contributed by atoms with Crippen molar-refractivity contribution in [3.05, 3.63) is 311 Å². The quantitative estimate of drug-likeness (QED) is 0.00589. The maximum absolute atomic E-state index is 13.1. The Labute approximate surface area is 805 Å². The normalized spacial score (nSPS) is 23.7. The summed E-state index contributed by atoms with van der Waals surface area (Å²) in [5.74, 6) is -6.29. The van der Waals surface area contributed by atoms with Crippen LogP contribution < -0.4 is 21.3 Å². The van der Waals surface area contributed by atoms with E-state index in [1.54, 1.807) is 137 Å². The third-order valence-electron chi connectivity index (χ3n) is 21.0. The van der Waals surface area contributed by atoms with Crippen molar-refractivity contribution in [1.82, 2.24) is 21.3 Å². The average molecular weight is 1900 g/mol. The molecule has 740 valence electrons. The molecular formula is C106H130N6O26. The van der Waals surface area contributed by atoms with Gasteiger partial charge in [0, 0.05) is 87.6 Å². The molecule has 32 heteroatoms. The minimum atomic E-state index is -0.936. The number of allylic oxidation sites excluding steroid dienone is 14. The molecule has 12 atom stereocenters. The van der Waals surface area contributed by atoms with E-state index in [0.717, 1.165) is 12.8 Å². The van der Waals surface area contributed by atoms with Gasteiger partial charge in [0.15, 0.2) is 0 Å². The molecule has 0 bridgehead atoms. The standard InChI is InChI=1S/2C27H32N2O8.2C26H33NO5/c2*1-18-11-13-20-7-4-9-23(31)26(20)27(34)37-21(17-25(33)36-19(2)12-14-22(18)30)8-5-15-28-24(32)10-6-16-29-35-3;2*1-3-4-5-6-16-24(30)27-17-10-14-21-18-23(29)19(2)11-7-8-12-20-13-9-15-22(28)25(20)26(31)32-21/h2*4-7,9-12,14-16,19,21-22,30-31H,8,13,17H2,1-3H3,(H,28,32);2*4-10,13,15-17,19,21,23,28-29H,3,11-12,14,18H2,1-2H3,(H,27,30)/b10-6-,14-12+,15-5+,18-11-,29-16+;10-6-,14-12+,15-5+,18-11-,29-16-;5-4-,8-7+,16-6-,17-10+;5-4-,8-7+,16-6-,17-10-. The zero-order chi connectivity index (χ0) is 101. The molecule has 4 amide bonds. The van der Waals surface area contributed by atoms with Crippen LogP contribution in [0.15, 0.2) is 277 Å². The van der Waals surface area contributed by atoms with Crippen LogP contribution in [0.2, 0.25) is 0 Å². The number of aliphatic hydroxyl groups excluding tert-OH is 4. The highest BCUT2D eigenvalue weighted by Crippen LogP contribution is 2.32. The molecule has 4 heterocycles. The Kier molecular flexibility index (Phi) is 53.1. The summed E-state index contributed by atoms with van der Waals surface area (Å²) < 4.78 is 33.2. The zero-order valence-corrected chi connectivity index (χ0v) is 79.5. The summed E-state index contributed by atoms with van der Waals surface area (Å²) >= 11 is 0. The number of cyclic esters (lactones) is 6. The number of carbonyl (C=O) groups is 10. The predicted octanol–water partition coefficient (Wildman–Crippen LogP) is 14.4. The first kappa shape index (κ1) is 114. The smallest absolute Gasteiger partial charge is 0.342 e. The van der Waals surface area contributed by atoms with Crippen molar-refractivity contribution in [2.75, 3.05) is 14.2 Å². The molecule has 0 aliphatic carbocycles. The minimum Gasteiger partial charge on any atom is -0.507 e. The molecule has 0 saturated heterocycles. The van der Waals surface area contributed by atoms with E-state index in [2.05, 4.69) is 41.3 Å². The summed E-state index contributed by atoms with van der Waals surface area (Å²) in [6.45, 7) is 14.7. The number of aliphatic hydroxyl groups is 4. The highest BCUT2D eigenvalue weighted by molar-refractivity contribution is 5.97. The van der Waals surface area contributed by atoms with Crippen LogP contribution in [0.1, 0.15) is 196 Å². The summed E-state index contributed by atoms with van der Waals surface area (Å²) in [6, 6.07) is 19.2. The van der Waals surface area contributed by atoms with Gasteiger partial charge in [-0.15, -0.1) is 0 Å². The van der Waals surface area contributed by atoms with Gasteiger partial charge in [0.1, 0.15) is 96.1 Å². The summed E-state index contributed by atoms with van der Waals surface area (Å²) in [5.41, 5.74) is 3.85. The Hall–Kier alpha value is -14.6. The maximum atomic E-state index is 13.1. The lowest BCUT2D eigenvalue weighted by molar-refractivity contribution is -0.149. The zero-order valence-electron chi connectivity index (χ0n) is 79.5. The Morgan fingerprint density at radius 3 is 1.00 bits per heavy atom. The van der Waals surface area contributed by atoms with Gasteiger partial charge >= 0.3 is 35.8 Å². The molecule has 0 aromatic heterocycles. The summed E-state index contributed by atoms with van der Waals surface area (Å²) in [6.07, 6.45) is 49.2. The highest BCUT2D eigenvalue weighted by atomic mass is 16.6. The lowest BCUT2D eigenvalue weighted by atomic mass is 9.93. The van der Waals surface area contributed by atoms with E-state index in [9.17, 15) is 88.8 Å². The SMILES string of the molecule is CC/C=C\C=C/C(=O)N/C=C/CC1CC(O)C(C)C/C=C/Cc2cccc(O)c2C(=O)O1.CC/C=C\C=C/C(=O)N/C=C\CC1CC(O)C(C)C/C=C/Cc2cccc(O)c2C(=O)O1.CO/N=C/C=C\C(=O)N/C=C/CC1CC(=O)OC(C)/C=C/C(O)/C(C)=C\Cc2cccc(O)c2C(=O)O1.CO/N=C\C=C/C(=O)N/C=C/CC1CC(=O)OC(C)/C=C/C(O)/C(C)=C\Cc2cccc(O)c2C(=O)O1. The molecule has 4 aromatic carbocycles. The molecule has 0 fully saturated rings. The largest absolute Gasteiger partial charge is 0.507 e. The number of aromatic hydroxyl groups is 4. The molecule has 0 saturated carbocycles. The fourth-order valence-electron chi connectivity index (χ4n) is 13.3. The number of fused-ring (bicyclic) bond motifs is 4. The van der Waals surface area contributed by atoms with E-state index in [1.807, 2.05) is 64.2 Å². The lowest BCUT2D eigenvalue weighted by Crippen LogP contribution is -2.28. The van der Waals surface area contributed by atoms with Gasteiger partial charge < -0.3 is 100 Å². The molecular weight excluding hydrogens is 1770 g/mol. The second-order valence-corrected chi connectivity index (χ2v) is 32.1. The molecule has 0 radical (unpaired) electrons. The first-order chi connectivity index (χ1) is 66.2. The van der Waals surface area contributed by atoms with Crippen LogP contribution in [0.4, 0.5) is 0 Å². The number of hydrogen-bond donors (Lipinski definition) is 12. The van der Waals surface area contributed by atoms with E-state index < -0.39 is 109 Å². The number of amides is 4. The van der Waals surface area contributed by atoms with Crippen LogP contribution in [0.3, 0.4) is 0 Å². The number of rotatable bonds is 24. The van der Waals surface area contributed by atoms with Crippen LogP contribution in [0.5, 0.6) is 23.0 Å². The molecule has 4 aromatic rings. The van der Waals surface area contributed by atoms with Crippen molar-refractivity contribution in [3.8, 4) is 23.0 Å². The fourth-order valence-corrected chi connectivity index (χ4v) is 13.3. The van der Waals surface area contributed by atoms with Gasteiger partial charge in [-0.05, 0) is 173 Å². The molecule has 8 rings (SSSR count). The van der Waals surface area contributed by atoms with Gasteiger partial charge in [0.25, 0.3) is 0 Å². The Morgan fingerprint density at radius 1 is 0.391 bits per heavy atom. The molecule has 0 spiro atoms. The number of phenolic OH excluding ortho intramolecular Hbond substituents is 4.